The van der Waals surface area contributed by atoms with Gasteiger partial charge in [0.05, 0.1) is 11.5 Å². The number of nitro groups is 1. The van der Waals surface area contributed by atoms with E-state index in [0.717, 1.165) is 12.1 Å². The van der Waals surface area contributed by atoms with E-state index in [0.29, 0.717) is 12.1 Å². The number of carboxylic acid groups (broad SMARTS) is 1. The van der Waals surface area contributed by atoms with Gasteiger partial charge in [0.25, 0.3) is 0 Å². The molecule has 0 unspecified atom stereocenters. The van der Waals surface area contributed by atoms with E-state index < -0.39 is 22.4 Å². The second-order valence-electron chi connectivity index (χ2n) is 3.89. The largest absolute Gasteiger partial charge is 0.480 e. The van der Waals surface area contributed by atoms with Crippen molar-refractivity contribution in [2.24, 2.45) is 0 Å². The predicted octanol–water partition coefficient (Wildman–Crippen LogP) is 1.81. The molecule has 0 spiro atoms. The number of rotatable bonds is 7. The van der Waals surface area contributed by atoms with Gasteiger partial charge in [-0.25, -0.2) is 0 Å². The van der Waals surface area contributed by atoms with E-state index in [1.807, 2.05) is 0 Å². The van der Waals surface area contributed by atoms with Crippen molar-refractivity contribution in [2.45, 2.75) is 6.54 Å². The second-order valence-corrected chi connectivity index (χ2v) is 3.89. The number of hydrogen-bond donors (Lipinski definition) is 1. The smallest absolute Gasteiger partial charge is 0.317 e. The standard InChI is InChI=1S/C12H13FN2O4/c1-2-5-14(8-12(16)17)7-9-3-4-11(15(18)19)10(13)6-9/h2-4,6H,1,5,7-8H2,(H,16,17). The zero-order valence-corrected chi connectivity index (χ0v) is 10.1. The molecular weight excluding hydrogens is 255 g/mol. The van der Waals surface area contributed by atoms with Crippen LogP contribution in [0, 0.1) is 15.9 Å². The van der Waals surface area contributed by atoms with E-state index in [-0.39, 0.29) is 13.1 Å². The molecule has 0 bridgehead atoms. The molecule has 0 radical (unpaired) electrons. The van der Waals surface area contributed by atoms with Gasteiger partial charge in [-0.2, -0.15) is 4.39 Å². The molecule has 1 rings (SSSR count). The van der Waals surface area contributed by atoms with Gasteiger partial charge in [0.1, 0.15) is 0 Å². The topological polar surface area (TPSA) is 83.7 Å². The van der Waals surface area contributed by atoms with Crippen LogP contribution in [0.4, 0.5) is 10.1 Å². The molecule has 0 aliphatic rings. The number of halogens is 1. The van der Waals surface area contributed by atoms with Gasteiger partial charge in [-0.1, -0.05) is 12.1 Å². The molecule has 19 heavy (non-hydrogen) atoms. The Morgan fingerprint density at radius 3 is 2.74 bits per heavy atom. The van der Waals surface area contributed by atoms with Crippen molar-refractivity contribution in [1.29, 1.82) is 0 Å². The van der Waals surface area contributed by atoms with Crippen molar-refractivity contribution in [3.8, 4) is 0 Å². The lowest BCUT2D eigenvalue weighted by Crippen LogP contribution is -2.29. The Kier molecular flexibility index (Phi) is 5.13. The summed E-state index contributed by atoms with van der Waals surface area (Å²) >= 11 is 0. The highest BCUT2D eigenvalue weighted by Gasteiger charge is 2.15. The van der Waals surface area contributed by atoms with Gasteiger partial charge in [-0.3, -0.25) is 19.8 Å². The molecule has 6 nitrogen and oxygen atoms in total. The maximum Gasteiger partial charge on any atom is 0.317 e. The van der Waals surface area contributed by atoms with Gasteiger partial charge >= 0.3 is 11.7 Å². The minimum absolute atomic E-state index is 0.174. The highest BCUT2D eigenvalue weighted by Crippen LogP contribution is 2.18. The third-order valence-electron chi connectivity index (χ3n) is 2.36. The molecular formula is C12H13FN2O4. The van der Waals surface area contributed by atoms with Crippen LogP contribution in [0.3, 0.4) is 0 Å². The molecule has 0 aliphatic heterocycles. The lowest BCUT2D eigenvalue weighted by Gasteiger charge is -2.18. The Balaban J connectivity index is 2.84. The van der Waals surface area contributed by atoms with Crippen molar-refractivity contribution in [2.75, 3.05) is 13.1 Å². The Bertz CT molecular complexity index is 505. The monoisotopic (exact) mass is 268 g/mol. The maximum absolute atomic E-state index is 13.4. The number of benzene rings is 1. The van der Waals surface area contributed by atoms with E-state index >= 15 is 0 Å². The molecule has 1 aromatic rings. The molecule has 7 heteroatoms. The number of carbonyl (C=O) groups is 1. The molecule has 102 valence electrons. The number of nitrogens with zero attached hydrogens (tertiary/aromatic N) is 2. The first-order valence-electron chi connectivity index (χ1n) is 5.42. The Hall–Kier alpha value is -2.28. The van der Waals surface area contributed by atoms with Crippen LogP contribution < -0.4 is 0 Å². The molecule has 0 amide bonds. The normalized spacial score (nSPS) is 10.4. The molecule has 0 atom stereocenters. The van der Waals surface area contributed by atoms with Crippen LogP contribution in [-0.2, 0) is 11.3 Å². The van der Waals surface area contributed by atoms with Gasteiger partial charge in [0.2, 0.25) is 5.82 Å². The first-order chi connectivity index (χ1) is 8.93. The summed E-state index contributed by atoms with van der Waals surface area (Å²) in [5.41, 5.74) is -0.136. The summed E-state index contributed by atoms with van der Waals surface area (Å²) in [5, 5.41) is 19.2. The summed E-state index contributed by atoms with van der Waals surface area (Å²) in [7, 11) is 0. The van der Waals surface area contributed by atoms with E-state index in [4.69, 9.17) is 5.11 Å². The highest BCUT2D eigenvalue weighted by atomic mass is 19.1. The average Bonchev–Trinajstić information content (AvgIpc) is 2.27. The molecule has 0 saturated heterocycles. The molecule has 0 aliphatic carbocycles. The third kappa shape index (κ3) is 4.47. The first-order valence-corrected chi connectivity index (χ1v) is 5.42. The molecule has 1 aromatic carbocycles. The van der Waals surface area contributed by atoms with Crippen LogP contribution in [0.1, 0.15) is 5.56 Å². The number of carboxylic acids is 1. The van der Waals surface area contributed by atoms with E-state index in [2.05, 4.69) is 6.58 Å². The van der Waals surface area contributed by atoms with Gasteiger partial charge in [-0.05, 0) is 11.6 Å². The zero-order chi connectivity index (χ0) is 14.4. The quantitative estimate of drug-likeness (QED) is 0.463. The second kappa shape index (κ2) is 6.60. The summed E-state index contributed by atoms with van der Waals surface area (Å²) in [6.07, 6.45) is 1.53. The van der Waals surface area contributed by atoms with Crippen molar-refractivity contribution < 1.29 is 19.2 Å². The van der Waals surface area contributed by atoms with Crippen LogP contribution in [0.2, 0.25) is 0 Å². The summed E-state index contributed by atoms with van der Waals surface area (Å²) < 4.78 is 13.4. The molecule has 0 aromatic heterocycles. The summed E-state index contributed by atoms with van der Waals surface area (Å²) in [5.74, 6) is -1.94. The fraction of sp³-hybridized carbons (Fsp3) is 0.250. The minimum atomic E-state index is -1.01. The predicted molar refractivity (Wildman–Crippen MR) is 66.2 cm³/mol. The van der Waals surface area contributed by atoms with Crippen LogP contribution in [0.5, 0.6) is 0 Å². The van der Waals surface area contributed by atoms with E-state index in [1.165, 1.54) is 17.0 Å². The van der Waals surface area contributed by atoms with E-state index in [1.54, 1.807) is 0 Å². The Morgan fingerprint density at radius 1 is 1.58 bits per heavy atom. The van der Waals surface area contributed by atoms with Gasteiger partial charge in [0.15, 0.2) is 0 Å². The maximum atomic E-state index is 13.4. The SMILES string of the molecule is C=CCN(CC(=O)O)Cc1ccc([N+](=O)[O-])c(F)c1. The van der Waals surface area contributed by atoms with Gasteiger partial charge < -0.3 is 5.11 Å². The zero-order valence-electron chi connectivity index (χ0n) is 10.1. The van der Waals surface area contributed by atoms with Crippen LogP contribution in [-0.4, -0.2) is 34.0 Å². The van der Waals surface area contributed by atoms with Crippen LogP contribution >= 0.6 is 0 Å². The highest BCUT2D eigenvalue weighted by molar-refractivity contribution is 5.69. The van der Waals surface area contributed by atoms with Crippen LogP contribution in [0.15, 0.2) is 30.9 Å². The first kappa shape index (κ1) is 14.8. The summed E-state index contributed by atoms with van der Waals surface area (Å²) in [4.78, 5) is 21.8. The van der Waals surface area contributed by atoms with Gasteiger partial charge in [0, 0.05) is 19.2 Å². The fourth-order valence-corrected chi connectivity index (χ4v) is 1.61. The number of nitro benzene ring substituents is 1. The molecule has 0 fully saturated rings. The summed E-state index contributed by atoms with van der Waals surface area (Å²) in [6, 6.07) is 3.51. The molecule has 1 N–H and O–H groups in total. The van der Waals surface area contributed by atoms with Crippen molar-refractivity contribution in [3.05, 3.63) is 52.3 Å². The fourth-order valence-electron chi connectivity index (χ4n) is 1.61. The lowest BCUT2D eigenvalue weighted by molar-refractivity contribution is -0.387. The van der Waals surface area contributed by atoms with Crippen molar-refractivity contribution in [1.82, 2.24) is 4.90 Å². The molecule has 0 saturated carbocycles. The van der Waals surface area contributed by atoms with E-state index in [9.17, 15) is 19.3 Å². The average molecular weight is 268 g/mol. The Morgan fingerprint density at radius 2 is 2.26 bits per heavy atom. The van der Waals surface area contributed by atoms with Gasteiger partial charge in [-0.15, -0.1) is 6.58 Å². The molecule has 0 heterocycles. The lowest BCUT2D eigenvalue weighted by atomic mass is 10.2. The van der Waals surface area contributed by atoms with Crippen LogP contribution in [0.25, 0.3) is 0 Å². The number of aliphatic carboxylic acids is 1. The summed E-state index contributed by atoms with van der Waals surface area (Å²) in [6.45, 7) is 3.79. The minimum Gasteiger partial charge on any atom is -0.480 e. The Labute approximate surface area is 108 Å². The third-order valence-corrected chi connectivity index (χ3v) is 2.36. The number of hydrogen-bond acceptors (Lipinski definition) is 4. The van der Waals surface area contributed by atoms with Crippen molar-refractivity contribution in [3.63, 3.8) is 0 Å². The van der Waals surface area contributed by atoms with Crippen molar-refractivity contribution >= 4 is 11.7 Å².